The number of halogens is 1. The molecule has 1 rings (SSSR count). The zero-order valence-corrected chi connectivity index (χ0v) is 11.4. The summed E-state index contributed by atoms with van der Waals surface area (Å²) in [5.74, 6) is 0. The maximum Gasteiger partial charge on any atom is 0.107 e. The zero-order valence-electron chi connectivity index (χ0n) is 9.75. The molecule has 0 radical (unpaired) electrons. The van der Waals surface area contributed by atoms with Gasteiger partial charge in [-0.1, -0.05) is 31.0 Å². The van der Waals surface area contributed by atoms with E-state index in [1.165, 1.54) is 0 Å². The maximum atomic E-state index is 12.5. The number of unbranched alkanes of at least 4 members (excludes halogenated alkanes) is 1. The summed E-state index contributed by atoms with van der Waals surface area (Å²) < 4.78 is 17.9. The second-order valence-corrected chi connectivity index (χ2v) is 8.12. The molecule has 2 nitrogen and oxygen atoms in total. The quantitative estimate of drug-likeness (QED) is 0.712. The Bertz CT molecular complexity index is 301. The molecule has 2 atom stereocenters. The summed E-state index contributed by atoms with van der Waals surface area (Å²) in [5, 5.41) is 0.702. The summed E-state index contributed by atoms with van der Waals surface area (Å²) in [6.45, 7) is 4.04. The van der Waals surface area contributed by atoms with Crippen LogP contribution < -0.4 is 0 Å². The minimum Gasteiger partial charge on any atom is -0.372 e. The lowest BCUT2D eigenvalue weighted by Gasteiger charge is -2.35. The van der Waals surface area contributed by atoms with E-state index in [0.717, 1.165) is 19.0 Å². The van der Waals surface area contributed by atoms with Crippen LogP contribution >= 0.6 is 18.7 Å². The molecule has 0 spiro atoms. The highest BCUT2D eigenvalue weighted by atomic mass is 35.5. The normalized spacial score (nSPS) is 36.4. The number of hydrogen-bond donors (Lipinski definition) is 0. The molecule has 0 bridgehead atoms. The molecule has 1 aliphatic rings. The van der Waals surface area contributed by atoms with Gasteiger partial charge in [-0.05, 0) is 13.3 Å². The Hall–Kier alpha value is 0.220. The maximum absolute atomic E-state index is 12.5. The largest absolute Gasteiger partial charge is 0.372 e. The van der Waals surface area contributed by atoms with Crippen molar-refractivity contribution in [2.24, 2.45) is 0 Å². The van der Waals surface area contributed by atoms with E-state index in [1.807, 2.05) is 13.0 Å². The van der Waals surface area contributed by atoms with E-state index in [-0.39, 0.29) is 0 Å². The van der Waals surface area contributed by atoms with Crippen LogP contribution in [-0.4, -0.2) is 31.2 Å². The summed E-state index contributed by atoms with van der Waals surface area (Å²) in [6, 6.07) is 0. The summed E-state index contributed by atoms with van der Waals surface area (Å²) in [5.41, 5.74) is -0.525. The van der Waals surface area contributed by atoms with E-state index in [0.29, 0.717) is 17.4 Å². The van der Waals surface area contributed by atoms with Crippen LogP contribution in [0.15, 0.2) is 11.1 Å². The first-order valence-corrected chi connectivity index (χ1v) is 8.08. The van der Waals surface area contributed by atoms with Crippen molar-refractivity contribution in [2.75, 3.05) is 25.6 Å². The Labute approximate surface area is 97.4 Å². The lowest BCUT2D eigenvalue weighted by atomic mass is 10.1. The van der Waals surface area contributed by atoms with Crippen LogP contribution in [0.5, 0.6) is 0 Å². The van der Waals surface area contributed by atoms with Gasteiger partial charge < -0.3 is 9.30 Å². The monoisotopic (exact) mass is 250 g/mol. The van der Waals surface area contributed by atoms with Gasteiger partial charge in [0.1, 0.15) is 5.60 Å². The van der Waals surface area contributed by atoms with Crippen LogP contribution in [0.3, 0.4) is 0 Å². The van der Waals surface area contributed by atoms with Crippen molar-refractivity contribution in [3.63, 3.8) is 0 Å². The molecular formula is C11H20ClO2P. The second-order valence-electron chi connectivity index (χ2n) is 4.46. The van der Waals surface area contributed by atoms with E-state index in [2.05, 4.69) is 6.92 Å². The molecule has 0 N–H and O–H groups in total. The third kappa shape index (κ3) is 3.09. The summed E-state index contributed by atoms with van der Waals surface area (Å²) in [7, 11) is -0.461. The van der Waals surface area contributed by atoms with E-state index in [1.54, 1.807) is 7.11 Å². The van der Waals surface area contributed by atoms with Gasteiger partial charge in [-0.15, -0.1) is 0 Å². The third-order valence-electron chi connectivity index (χ3n) is 3.07. The predicted octanol–water partition coefficient (Wildman–Crippen LogP) is 3.69. The number of allylic oxidation sites excluding steroid dienone is 1. The van der Waals surface area contributed by atoms with Gasteiger partial charge in [-0.2, -0.15) is 0 Å². The number of ether oxygens (including phenoxy) is 1. The molecule has 1 heterocycles. The van der Waals surface area contributed by atoms with E-state index in [9.17, 15) is 4.57 Å². The Morgan fingerprint density at radius 1 is 1.67 bits per heavy atom. The summed E-state index contributed by atoms with van der Waals surface area (Å²) >= 11 is 6.10. The van der Waals surface area contributed by atoms with Gasteiger partial charge in [0.25, 0.3) is 0 Å². The molecule has 0 unspecified atom stereocenters. The van der Waals surface area contributed by atoms with Gasteiger partial charge >= 0.3 is 0 Å². The highest BCUT2D eigenvalue weighted by molar-refractivity contribution is 7.64. The van der Waals surface area contributed by atoms with Crippen molar-refractivity contribution in [3.8, 4) is 0 Å². The van der Waals surface area contributed by atoms with Crippen molar-refractivity contribution in [1.29, 1.82) is 0 Å². The number of methoxy groups -OCH3 is 1. The molecule has 0 fully saturated rings. The lowest BCUT2D eigenvalue weighted by Crippen LogP contribution is -2.35. The highest BCUT2D eigenvalue weighted by Gasteiger charge is 2.39. The van der Waals surface area contributed by atoms with Crippen LogP contribution in [0.2, 0.25) is 0 Å². The van der Waals surface area contributed by atoms with Crippen molar-refractivity contribution < 1.29 is 9.30 Å². The zero-order chi connectivity index (χ0) is 11.5. The molecule has 0 aromatic carbocycles. The van der Waals surface area contributed by atoms with Crippen LogP contribution in [0.1, 0.15) is 26.7 Å². The molecule has 0 saturated heterocycles. The minimum absolute atomic E-state index is 0.525. The highest BCUT2D eigenvalue weighted by Crippen LogP contribution is 2.54. The fraction of sp³-hybridized carbons (Fsp3) is 0.818. The molecular weight excluding hydrogens is 231 g/mol. The van der Waals surface area contributed by atoms with Gasteiger partial charge in [0.2, 0.25) is 0 Å². The van der Waals surface area contributed by atoms with Gasteiger partial charge in [-0.3, -0.25) is 0 Å². The number of hydrogen-bond acceptors (Lipinski definition) is 2. The second kappa shape index (κ2) is 5.03. The van der Waals surface area contributed by atoms with E-state index >= 15 is 0 Å². The molecule has 0 saturated carbocycles. The SMILES string of the molecule is CCCC[P@@]1(=O)CC=C(Cl)[C@](C)(OC)C1. The predicted molar refractivity (Wildman–Crippen MR) is 66.5 cm³/mol. The van der Waals surface area contributed by atoms with Crippen LogP contribution in [0.25, 0.3) is 0 Å². The molecule has 0 amide bonds. The van der Waals surface area contributed by atoms with Crippen LogP contribution in [0, 0.1) is 0 Å². The minimum atomic E-state index is -2.09. The lowest BCUT2D eigenvalue weighted by molar-refractivity contribution is 0.0627. The van der Waals surface area contributed by atoms with Crippen molar-refractivity contribution >= 4 is 18.7 Å². The fourth-order valence-electron chi connectivity index (χ4n) is 1.93. The van der Waals surface area contributed by atoms with Crippen molar-refractivity contribution in [2.45, 2.75) is 32.3 Å². The van der Waals surface area contributed by atoms with E-state index in [4.69, 9.17) is 16.3 Å². The molecule has 4 heteroatoms. The summed E-state index contributed by atoms with van der Waals surface area (Å²) in [6.07, 6.45) is 6.05. The van der Waals surface area contributed by atoms with Crippen molar-refractivity contribution in [1.82, 2.24) is 0 Å². The fourth-order valence-corrected chi connectivity index (χ4v) is 5.63. The smallest absolute Gasteiger partial charge is 0.107 e. The molecule has 15 heavy (non-hydrogen) atoms. The first-order valence-electron chi connectivity index (χ1n) is 5.44. The molecule has 88 valence electrons. The average Bonchev–Trinajstić information content (AvgIpc) is 2.22. The third-order valence-corrected chi connectivity index (χ3v) is 6.78. The summed E-state index contributed by atoms with van der Waals surface area (Å²) in [4.78, 5) is 0. The Morgan fingerprint density at radius 2 is 2.33 bits per heavy atom. The van der Waals surface area contributed by atoms with Crippen LogP contribution in [-0.2, 0) is 9.30 Å². The first-order chi connectivity index (χ1) is 6.96. The Balaban J connectivity index is 2.79. The molecule has 1 aliphatic heterocycles. The van der Waals surface area contributed by atoms with E-state index < -0.39 is 12.7 Å². The average molecular weight is 251 g/mol. The molecule has 0 aromatic rings. The number of rotatable bonds is 4. The first kappa shape index (κ1) is 13.3. The van der Waals surface area contributed by atoms with Gasteiger partial charge in [0.15, 0.2) is 0 Å². The molecule has 0 aromatic heterocycles. The Morgan fingerprint density at radius 3 is 2.87 bits per heavy atom. The topological polar surface area (TPSA) is 26.3 Å². The van der Waals surface area contributed by atoms with Gasteiger partial charge in [-0.25, -0.2) is 0 Å². The molecule has 0 aliphatic carbocycles. The van der Waals surface area contributed by atoms with Crippen molar-refractivity contribution in [3.05, 3.63) is 11.1 Å². The van der Waals surface area contributed by atoms with Gasteiger partial charge in [0, 0.05) is 30.6 Å². The van der Waals surface area contributed by atoms with Crippen LogP contribution in [0.4, 0.5) is 0 Å². The Kier molecular flexibility index (Phi) is 4.46. The standard InChI is InChI=1S/C11H20ClO2P/c1-4-5-7-15(13)8-6-10(12)11(2,9-15)14-3/h6H,4-5,7-9H2,1-3H3/t11-,15-/m1/s1. The van der Waals surface area contributed by atoms with Gasteiger partial charge in [0.05, 0.1) is 7.14 Å².